The van der Waals surface area contributed by atoms with Gasteiger partial charge in [-0.25, -0.2) is 24.3 Å². The highest BCUT2D eigenvalue weighted by Crippen LogP contribution is 2.43. The number of aromatic nitrogens is 5. The summed E-state index contributed by atoms with van der Waals surface area (Å²) in [5, 5.41) is 14.2. The number of hydrogen-bond donors (Lipinski definition) is 3. The quantitative estimate of drug-likeness (QED) is 0.146. The third kappa shape index (κ3) is 4.79. The van der Waals surface area contributed by atoms with Gasteiger partial charge < -0.3 is 30.5 Å². The summed E-state index contributed by atoms with van der Waals surface area (Å²) in [5.74, 6) is 3.92. The SMILES string of the molecule is CC1(C)O[C@@H]2[C@@H](C(=O)NCCC#Cc3ccc(F)c(/C=N/O)n3)OC(n3cnc4c(N)ncnc43)[C@@H]2O1. The van der Waals surface area contributed by atoms with Crippen LogP contribution in [0.2, 0.25) is 0 Å². The molecule has 2 fully saturated rings. The number of imidazole rings is 1. The van der Waals surface area contributed by atoms with Gasteiger partial charge in [-0.15, -0.1) is 0 Å². The maximum absolute atomic E-state index is 13.6. The minimum atomic E-state index is -0.958. The Labute approximate surface area is 209 Å². The van der Waals surface area contributed by atoms with E-state index in [-0.39, 0.29) is 24.0 Å². The van der Waals surface area contributed by atoms with Crippen LogP contribution in [0.25, 0.3) is 11.2 Å². The predicted molar refractivity (Wildman–Crippen MR) is 126 cm³/mol. The topological polar surface area (TPSA) is 172 Å². The van der Waals surface area contributed by atoms with Crippen molar-refractivity contribution in [3.05, 3.63) is 42.0 Å². The molecule has 5 rings (SSSR count). The molecule has 4 atom stereocenters. The molecule has 192 valence electrons. The largest absolute Gasteiger partial charge is 0.411 e. The smallest absolute Gasteiger partial charge is 0.252 e. The van der Waals surface area contributed by atoms with Crippen LogP contribution in [0.1, 0.15) is 37.9 Å². The van der Waals surface area contributed by atoms with Crippen molar-refractivity contribution in [3.63, 3.8) is 0 Å². The molecule has 0 spiro atoms. The average Bonchev–Trinajstić information content (AvgIpc) is 3.52. The first-order valence-electron chi connectivity index (χ1n) is 11.3. The Bertz CT molecular complexity index is 1430. The Morgan fingerprint density at radius 1 is 1.32 bits per heavy atom. The number of fused-ring (bicyclic) bond motifs is 2. The van der Waals surface area contributed by atoms with E-state index in [0.29, 0.717) is 23.3 Å². The summed E-state index contributed by atoms with van der Waals surface area (Å²) < 4.78 is 33.4. The van der Waals surface area contributed by atoms with Crippen molar-refractivity contribution in [2.24, 2.45) is 5.16 Å². The molecule has 2 aliphatic rings. The van der Waals surface area contributed by atoms with E-state index in [1.165, 1.54) is 24.8 Å². The Morgan fingerprint density at radius 2 is 2.14 bits per heavy atom. The van der Waals surface area contributed by atoms with Crippen molar-refractivity contribution in [2.75, 3.05) is 12.3 Å². The van der Waals surface area contributed by atoms with Gasteiger partial charge in [-0.1, -0.05) is 11.1 Å². The van der Waals surface area contributed by atoms with Crippen LogP contribution in [0, 0.1) is 17.7 Å². The van der Waals surface area contributed by atoms with Gasteiger partial charge >= 0.3 is 0 Å². The zero-order valence-electron chi connectivity index (χ0n) is 19.8. The van der Waals surface area contributed by atoms with Gasteiger partial charge in [-0.2, -0.15) is 0 Å². The highest BCUT2D eigenvalue weighted by Gasteiger charge is 2.58. The molecule has 3 aromatic heterocycles. The summed E-state index contributed by atoms with van der Waals surface area (Å²) in [4.78, 5) is 29.5. The number of nitrogen functional groups attached to an aromatic ring is 1. The average molecular weight is 510 g/mol. The number of rotatable bonds is 5. The van der Waals surface area contributed by atoms with E-state index in [4.69, 9.17) is 25.2 Å². The van der Waals surface area contributed by atoms with Gasteiger partial charge in [0.05, 0.1) is 12.5 Å². The second-order valence-corrected chi connectivity index (χ2v) is 8.75. The molecule has 0 radical (unpaired) electrons. The molecule has 2 saturated heterocycles. The third-order valence-corrected chi connectivity index (χ3v) is 5.77. The van der Waals surface area contributed by atoms with Crippen LogP contribution in [0.4, 0.5) is 10.2 Å². The highest BCUT2D eigenvalue weighted by atomic mass is 19.1. The summed E-state index contributed by atoms with van der Waals surface area (Å²) in [5.41, 5.74) is 6.93. The lowest BCUT2D eigenvalue weighted by Gasteiger charge is -2.24. The number of halogens is 1. The minimum Gasteiger partial charge on any atom is -0.411 e. The number of amides is 1. The van der Waals surface area contributed by atoms with Crippen LogP contribution < -0.4 is 11.1 Å². The Kier molecular flexibility index (Phi) is 6.42. The van der Waals surface area contributed by atoms with E-state index in [1.54, 1.807) is 18.4 Å². The molecular formula is C23H23FN8O5. The number of pyridine rings is 1. The maximum Gasteiger partial charge on any atom is 0.252 e. The summed E-state index contributed by atoms with van der Waals surface area (Å²) in [6, 6.07) is 2.58. The summed E-state index contributed by atoms with van der Waals surface area (Å²) in [6.07, 6.45) is 1.06. The number of carbonyl (C=O) groups excluding carboxylic acids is 1. The number of ether oxygens (including phenoxy) is 3. The molecule has 1 unspecified atom stereocenters. The number of anilines is 1. The van der Waals surface area contributed by atoms with Crippen molar-refractivity contribution in [3.8, 4) is 11.8 Å². The molecule has 4 N–H and O–H groups in total. The van der Waals surface area contributed by atoms with Gasteiger partial charge in [0.25, 0.3) is 5.91 Å². The number of nitrogens with one attached hydrogen (secondary N) is 1. The van der Waals surface area contributed by atoms with Gasteiger partial charge in [-0.3, -0.25) is 9.36 Å². The van der Waals surface area contributed by atoms with Crippen molar-refractivity contribution in [2.45, 2.75) is 50.6 Å². The van der Waals surface area contributed by atoms with Crippen LogP contribution >= 0.6 is 0 Å². The molecule has 0 bridgehead atoms. The second kappa shape index (κ2) is 9.69. The van der Waals surface area contributed by atoms with Crippen molar-refractivity contribution < 1.29 is 28.6 Å². The molecule has 5 heterocycles. The van der Waals surface area contributed by atoms with Crippen molar-refractivity contribution >= 4 is 29.1 Å². The molecule has 13 nitrogen and oxygen atoms in total. The number of hydrogen-bond acceptors (Lipinski definition) is 11. The number of nitrogens with zero attached hydrogens (tertiary/aromatic N) is 6. The Morgan fingerprint density at radius 3 is 2.95 bits per heavy atom. The number of carbonyl (C=O) groups is 1. The zero-order valence-corrected chi connectivity index (χ0v) is 19.8. The number of nitrogens with two attached hydrogens (primary N) is 1. The molecule has 37 heavy (non-hydrogen) atoms. The second-order valence-electron chi connectivity index (χ2n) is 8.75. The van der Waals surface area contributed by atoms with Crippen LogP contribution in [0.5, 0.6) is 0 Å². The number of oxime groups is 1. The first kappa shape index (κ1) is 24.5. The molecule has 0 aliphatic carbocycles. The monoisotopic (exact) mass is 510 g/mol. The highest BCUT2D eigenvalue weighted by molar-refractivity contribution is 5.83. The van der Waals surface area contributed by atoms with Crippen LogP contribution in [-0.2, 0) is 19.0 Å². The first-order chi connectivity index (χ1) is 17.8. The van der Waals surface area contributed by atoms with Crippen molar-refractivity contribution in [1.82, 2.24) is 29.8 Å². The van der Waals surface area contributed by atoms with Gasteiger partial charge in [0, 0.05) is 13.0 Å². The first-order valence-corrected chi connectivity index (χ1v) is 11.3. The summed E-state index contributed by atoms with van der Waals surface area (Å²) >= 11 is 0. The van der Waals surface area contributed by atoms with Gasteiger partial charge in [0.15, 0.2) is 35.4 Å². The fraction of sp³-hybridized carbons (Fsp3) is 0.391. The molecular weight excluding hydrogens is 487 g/mol. The van der Waals surface area contributed by atoms with Gasteiger partial charge in [0.2, 0.25) is 0 Å². The maximum atomic E-state index is 13.6. The van der Waals surface area contributed by atoms with Crippen LogP contribution in [0.3, 0.4) is 0 Å². The van der Waals surface area contributed by atoms with Crippen LogP contribution in [0.15, 0.2) is 29.9 Å². The fourth-order valence-corrected chi connectivity index (χ4v) is 4.24. The molecule has 0 saturated carbocycles. The van der Waals surface area contributed by atoms with E-state index in [0.717, 1.165) is 6.21 Å². The summed E-state index contributed by atoms with van der Waals surface area (Å²) in [6.45, 7) is 3.75. The lowest BCUT2D eigenvalue weighted by atomic mass is 10.1. The molecule has 2 aliphatic heterocycles. The van der Waals surface area contributed by atoms with E-state index in [9.17, 15) is 9.18 Å². The molecule has 1 amide bonds. The lowest BCUT2D eigenvalue weighted by Crippen LogP contribution is -2.43. The van der Waals surface area contributed by atoms with Gasteiger partial charge in [0.1, 0.15) is 35.4 Å². The van der Waals surface area contributed by atoms with Gasteiger partial charge in [-0.05, 0) is 31.9 Å². The van der Waals surface area contributed by atoms with E-state index in [2.05, 4.69) is 42.2 Å². The normalized spacial score (nSPS) is 24.2. The molecule has 3 aromatic rings. The Balaban J connectivity index is 1.26. The predicted octanol–water partition coefficient (Wildman–Crippen LogP) is 0.726. The third-order valence-electron chi connectivity index (χ3n) is 5.77. The summed E-state index contributed by atoms with van der Waals surface area (Å²) in [7, 11) is 0. The zero-order chi connectivity index (χ0) is 26.2. The fourth-order valence-electron chi connectivity index (χ4n) is 4.24. The lowest BCUT2D eigenvalue weighted by molar-refractivity contribution is -0.197. The van der Waals surface area contributed by atoms with E-state index < -0.39 is 36.1 Å². The van der Waals surface area contributed by atoms with Crippen molar-refractivity contribution in [1.29, 1.82) is 0 Å². The van der Waals surface area contributed by atoms with E-state index in [1.807, 2.05) is 0 Å². The standard InChI is InChI=1S/C23H23FN8O5/c1-23(2)36-16-17(21(33)26-8-4-3-5-12-6-7-13(24)14(31-12)9-30-34)35-22(18(16)37-23)32-11-29-15-19(25)27-10-28-20(15)32/h6-7,9-11,16-18,22,34H,4,8H2,1-2H3,(H,26,33)(H2,25,27,28)/b30-9+/t16-,17+,18-,22?/m1/s1. The van der Waals surface area contributed by atoms with E-state index >= 15 is 0 Å². The van der Waals surface area contributed by atoms with Crippen LogP contribution in [-0.4, -0.2) is 72.5 Å². The Hall–Kier alpha value is -4.19. The molecule has 14 heteroatoms. The molecule has 0 aromatic carbocycles. The minimum absolute atomic E-state index is 0.133.